The van der Waals surface area contributed by atoms with Crippen LogP contribution in [0.4, 0.5) is 4.79 Å². The van der Waals surface area contributed by atoms with Gasteiger partial charge >= 0.3 is 6.09 Å². The number of nitrogens with zero attached hydrogens (tertiary/aromatic N) is 1. The van der Waals surface area contributed by atoms with E-state index >= 15 is 0 Å². The number of carbonyl (C=O) groups excluding carboxylic acids is 1. The van der Waals surface area contributed by atoms with E-state index in [1.54, 1.807) is 19.1 Å². The average molecular weight is 434 g/mol. The first-order valence-electron chi connectivity index (χ1n) is 10.6. The van der Waals surface area contributed by atoms with E-state index < -0.39 is 0 Å². The SMILES string of the molecule is COc1ccc(CC2COC(=O)N2Cc2ccc(OCc3ccccc3)cc2)cc1OC. The zero-order valence-corrected chi connectivity index (χ0v) is 18.3. The Labute approximate surface area is 188 Å². The molecule has 4 rings (SSSR count). The molecule has 1 heterocycles. The van der Waals surface area contributed by atoms with Crippen LogP contribution in [0, 0.1) is 0 Å². The van der Waals surface area contributed by atoms with E-state index in [1.807, 2.05) is 72.8 Å². The van der Waals surface area contributed by atoms with Crippen LogP contribution in [-0.4, -0.2) is 37.9 Å². The Hall–Kier alpha value is -3.67. The lowest BCUT2D eigenvalue weighted by Gasteiger charge is -2.22. The van der Waals surface area contributed by atoms with Crippen LogP contribution in [0.2, 0.25) is 0 Å². The molecule has 3 aromatic carbocycles. The summed E-state index contributed by atoms with van der Waals surface area (Å²) in [6.07, 6.45) is 0.379. The van der Waals surface area contributed by atoms with Gasteiger partial charge in [0, 0.05) is 6.54 Å². The fourth-order valence-corrected chi connectivity index (χ4v) is 3.76. The van der Waals surface area contributed by atoms with Gasteiger partial charge in [-0.15, -0.1) is 0 Å². The Balaban J connectivity index is 1.38. The maximum absolute atomic E-state index is 12.4. The smallest absolute Gasteiger partial charge is 0.410 e. The zero-order valence-electron chi connectivity index (χ0n) is 18.3. The van der Waals surface area contributed by atoms with E-state index in [-0.39, 0.29) is 12.1 Å². The minimum absolute atomic E-state index is 0.0467. The van der Waals surface area contributed by atoms with Crippen molar-refractivity contribution in [2.24, 2.45) is 0 Å². The number of cyclic esters (lactones) is 1. The molecule has 1 amide bonds. The summed E-state index contributed by atoms with van der Waals surface area (Å²) < 4.78 is 21.9. The molecule has 1 aliphatic heterocycles. The Kier molecular flexibility index (Phi) is 6.80. The van der Waals surface area contributed by atoms with E-state index in [0.717, 1.165) is 22.4 Å². The van der Waals surface area contributed by atoms with Crippen molar-refractivity contribution in [2.75, 3.05) is 20.8 Å². The van der Waals surface area contributed by atoms with Gasteiger partial charge < -0.3 is 18.9 Å². The summed E-state index contributed by atoms with van der Waals surface area (Å²) in [5.41, 5.74) is 3.20. The summed E-state index contributed by atoms with van der Waals surface area (Å²) in [7, 11) is 3.23. The minimum atomic E-state index is -0.292. The number of carbonyl (C=O) groups is 1. The van der Waals surface area contributed by atoms with Crippen LogP contribution >= 0.6 is 0 Å². The Morgan fingerprint density at radius 2 is 1.59 bits per heavy atom. The Morgan fingerprint density at radius 3 is 2.31 bits per heavy atom. The third-order valence-corrected chi connectivity index (χ3v) is 5.52. The van der Waals surface area contributed by atoms with Crippen molar-refractivity contribution in [1.82, 2.24) is 4.90 Å². The number of benzene rings is 3. The van der Waals surface area contributed by atoms with Gasteiger partial charge in [-0.25, -0.2) is 4.79 Å². The highest BCUT2D eigenvalue weighted by Crippen LogP contribution is 2.29. The second-order valence-electron chi connectivity index (χ2n) is 7.67. The molecule has 3 aromatic rings. The molecule has 166 valence electrons. The molecule has 0 saturated carbocycles. The first kappa shape index (κ1) is 21.6. The minimum Gasteiger partial charge on any atom is -0.493 e. The first-order chi connectivity index (χ1) is 15.7. The van der Waals surface area contributed by atoms with E-state index in [0.29, 0.717) is 37.7 Å². The normalized spacial score (nSPS) is 15.4. The molecule has 32 heavy (non-hydrogen) atoms. The first-order valence-corrected chi connectivity index (χ1v) is 10.6. The maximum atomic E-state index is 12.4. The monoisotopic (exact) mass is 433 g/mol. The van der Waals surface area contributed by atoms with E-state index in [1.165, 1.54) is 0 Å². The predicted molar refractivity (Wildman–Crippen MR) is 121 cm³/mol. The molecule has 1 atom stereocenters. The highest BCUT2D eigenvalue weighted by Gasteiger charge is 2.33. The van der Waals surface area contributed by atoms with Crippen LogP contribution < -0.4 is 14.2 Å². The van der Waals surface area contributed by atoms with Gasteiger partial charge in [0.1, 0.15) is 19.0 Å². The van der Waals surface area contributed by atoms with Gasteiger partial charge in [0.2, 0.25) is 0 Å². The molecule has 0 aliphatic carbocycles. The Morgan fingerprint density at radius 1 is 0.875 bits per heavy atom. The lowest BCUT2D eigenvalue weighted by atomic mass is 10.0. The van der Waals surface area contributed by atoms with Crippen molar-refractivity contribution < 1.29 is 23.7 Å². The van der Waals surface area contributed by atoms with Crippen molar-refractivity contribution in [3.8, 4) is 17.2 Å². The summed E-state index contributed by atoms with van der Waals surface area (Å²) in [4.78, 5) is 14.1. The summed E-state index contributed by atoms with van der Waals surface area (Å²) >= 11 is 0. The third-order valence-electron chi connectivity index (χ3n) is 5.52. The Bertz CT molecular complexity index is 1040. The second kappa shape index (κ2) is 10.1. The van der Waals surface area contributed by atoms with Crippen molar-refractivity contribution in [1.29, 1.82) is 0 Å². The second-order valence-corrected chi connectivity index (χ2v) is 7.67. The van der Waals surface area contributed by atoms with Crippen LogP contribution in [0.15, 0.2) is 72.8 Å². The molecular weight excluding hydrogens is 406 g/mol. The number of rotatable bonds is 9. The molecule has 0 spiro atoms. The van der Waals surface area contributed by atoms with Crippen molar-refractivity contribution >= 4 is 6.09 Å². The third kappa shape index (κ3) is 5.14. The topological polar surface area (TPSA) is 57.2 Å². The van der Waals surface area contributed by atoms with Crippen molar-refractivity contribution in [3.05, 3.63) is 89.5 Å². The highest BCUT2D eigenvalue weighted by atomic mass is 16.6. The number of hydrogen-bond donors (Lipinski definition) is 0. The van der Waals surface area contributed by atoms with Gasteiger partial charge in [0.05, 0.1) is 20.3 Å². The molecule has 1 fully saturated rings. The molecule has 0 bridgehead atoms. The average Bonchev–Trinajstić information content (AvgIpc) is 3.18. The number of amides is 1. The largest absolute Gasteiger partial charge is 0.493 e. The van der Waals surface area contributed by atoms with E-state index in [9.17, 15) is 4.79 Å². The fourth-order valence-electron chi connectivity index (χ4n) is 3.76. The summed E-state index contributed by atoms with van der Waals surface area (Å²) in [6, 6.07) is 23.6. The standard InChI is InChI=1S/C26H27NO5/c1-29-24-13-10-21(15-25(24)30-2)14-22-18-32-26(28)27(22)16-19-8-11-23(12-9-19)31-17-20-6-4-3-5-7-20/h3-13,15,22H,14,16-18H2,1-2H3. The van der Waals surface area contributed by atoms with Gasteiger partial charge in [-0.3, -0.25) is 4.90 Å². The summed E-state index contributed by atoms with van der Waals surface area (Å²) in [5, 5.41) is 0. The van der Waals surface area contributed by atoms with Crippen LogP contribution in [-0.2, 0) is 24.3 Å². The molecule has 1 unspecified atom stereocenters. The lowest BCUT2D eigenvalue weighted by Crippen LogP contribution is -2.34. The maximum Gasteiger partial charge on any atom is 0.410 e. The van der Waals surface area contributed by atoms with Gasteiger partial charge in [-0.1, -0.05) is 48.5 Å². The zero-order chi connectivity index (χ0) is 22.3. The van der Waals surface area contributed by atoms with Crippen LogP contribution in [0.5, 0.6) is 17.2 Å². The fraction of sp³-hybridized carbons (Fsp3) is 0.269. The quantitative estimate of drug-likeness (QED) is 0.483. The molecule has 6 heteroatoms. The lowest BCUT2D eigenvalue weighted by molar-refractivity contribution is 0.156. The molecular formula is C26H27NO5. The van der Waals surface area contributed by atoms with Gasteiger partial charge in [0.15, 0.2) is 11.5 Å². The van der Waals surface area contributed by atoms with E-state index in [2.05, 4.69) is 0 Å². The van der Waals surface area contributed by atoms with Crippen LogP contribution in [0.1, 0.15) is 16.7 Å². The number of ether oxygens (including phenoxy) is 4. The molecule has 1 aliphatic rings. The van der Waals surface area contributed by atoms with E-state index in [4.69, 9.17) is 18.9 Å². The number of methoxy groups -OCH3 is 2. The van der Waals surface area contributed by atoms with Crippen LogP contribution in [0.25, 0.3) is 0 Å². The molecule has 0 N–H and O–H groups in total. The molecule has 6 nitrogen and oxygen atoms in total. The summed E-state index contributed by atoms with van der Waals surface area (Å²) in [5.74, 6) is 2.15. The molecule has 0 aromatic heterocycles. The van der Waals surface area contributed by atoms with Crippen molar-refractivity contribution in [2.45, 2.75) is 25.6 Å². The molecule has 1 saturated heterocycles. The highest BCUT2D eigenvalue weighted by molar-refractivity contribution is 5.70. The van der Waals surface area contributed by atoms with Gasteiger partial charge in [-0.2, -0.15) is 0 Å². The number of hydrogen-bond acceptors (Lipinski definition) is 5. The van der Waals surface area contributed by atoms with Crippen molar-refractivity contribution in [3.63, 3.8) is 0 Å². The van der Waals surface area contributed by atoms with Crippen LogP contribution in [0.3, 0.4) is 0 Å². The van der Waals surface area contributed by atoms with Gasteiger partial charge in [0.25, 0.3) is 0 Å². The predicted octanol–water partition coefficient (Wildman–Crippen LogP) is 4.85. The summed E-state index contributed by atoms with van der Waals surface area (Å²) in [6.45, 7) is 1.37. The van der Waals surface area contributed by atoms with Gasteiger partial charge in [-0.05, 0) is 47.4 Å². The molecule has 0 radical (unpaired) electrons.